The van der Waals surface area contributed by atoms with Gasteiger partial charge in [0.05, 0.1) is 0 Å². The van der Waals surface area contributed by atoms with E-state index < -0.39 is 0 Å². The molecule has 112 valence electrons. The third kappa shape index (κ3) is 3.58. The Morgan fingerprint density at radius 2 is 1.95 bits per heavy atom. The van der Waals surface area contributed by atoms with Crippen molar-refractivity contribution in [3.05, 3.63) is 56.2 Å². The van der Waals surface area contributed by atoms with Crippen LogP contribution in [0.2, 0.25) is 0 Å². The van der Waals surface area contributed by atoms with Crippen LogP contribution in [-0.4, -0.2) is 12.6 Å². The van der Waals surface area contributed by atoms with Crippen LogP contribution < -0.4 is 5.32 Å². The maximum atomic E-state index is 3.80. The second-order valence-corrected chi connectivity index (χ2v) is 7.75. The molecule has 2 aromatic rings. The highest BCUT2D eigenvalue weighted by Gasteiger charge is 2.28. The summed E-state index contributed by atoms with van der Waals surface area (Å²) < 4.78 is 1.27. The van der Waals surface area contributed by atoms with Crippen LogP contribution in [0.1, 0.15) is 29.3 Å². The van der Waals surface area contributed by atoms with Gasteiger partial charge in [-0.3, -0.25) is 0 Å². The van der Waals surface area contributed by atoms with Crippen molar-refractivity contribution in [1.29, 1.82) is 0 Å². The number of benzene rings is 1. The maximum Gasteiger partial charge on any atom is 0.0314 e. The summed E-state index contributed by atoms with van der Waals surface area (Å²) in [7, 11) is 0. The second kappa shape index (κ2) is 7.08. The monoisotopic (exact) mass is 363 g/mol. The largest absolute Gasteiger partial charge is 0.313 e. The number of rotatable bonds is 6. The lowest BCUT2D eigenvalue weighted by Crippen LogP contribution is -2.39. The summed E-state index contributed by atoms with van der Waals surface area (Å²) >= 11 is 5.55. The quantitative estimate of drug-likeness (QED) is 0.774. The van der Waals surface area contributed by atoms with Crippen molar-refractivity contribution >= 4 is 27.3 Å². The topological polar surface area (TPSA) is 12.0 Å². The lowest BCUT2D eigenvalue weighted by atomic mass is 9.93. The third-order valence-corrected chi connectivity index (χ3v) is 6.35. The molecule has 1 nitrogen and oxygen atoms in total. The van der Waals surface area contributed by atoms with E-state index in [2.05, 4.69) is 63.9 Å². The first-order chi connectivity index (χ1) is 10.3. The van der Waals surface area contributed by atoms with Crippen LogP contribution in [0.15, 0.2) is 40.2 Å². The van der Waals surface area contributed by atoms with Gasteiger partial charge in [0, 0.05) is 15.4 Å². The molecule has 0 aliphatic heterocycles. The van der Waals surface area contributed by atoms with Gasteiger partial charge in [-0.2, -0.15) is 0 Å². The van der Waals surface area contributed by atoms with E-state index >= 15 is 0 Å². The summed E-state index contributed by atoms with van der Waals surface area (Å²) in [6.07, 6.45) is 4.78. The number of fused-ring (bicyclic) bond motifs is 1. The molecule has 1 aromatic heterocycles. The molecule has 0 saturated carbocycles. The number of thiophene rings is 1. The van der Waals surface area contributed by atoms with E-state index in [1.165, 1.54) is 28.6 Å². The molecule has 0 saturated heterocycles. The second-order valence-electron chi connectivity index (χ2n) is 5.89. The Hall–Kier alpha value is -0.640. The molecule has 0 bridgehead atoms. The fourth-order valence-electron chi connectivity index (χ4n) is 3.28. The minimum absolute atomic E-state index is 0.576. The van der Waals surface area contributed by atoms with Crippen LogP contribution in [0, 0.1) is 5.92 Å². The van der Waals surface area contributed by atoms with Gasteiger partial charge in [0.25, 0.3) is 0 Å². The maximum absolute atomic E-state index is 3.80. The molecule has 1 N–H and O–H groups in total. The first-order valence-corrected chi connectivity index (χ1v) is 9.47. The van der Waals surface area contributed by atoms with E-state index in [1.54, 1.807) is 11.1 Å². The van der Waals surface area contributed by atoms with Gasteiger partial charge in [0.2, 0.25) is 0 Å². The standard InChI is InChI=1S/C18H22BrNS/c1-2-8-20-17(12-18-16(19)7-9-21-18)15-10-13-5-3-4-6-14(13)11-15/h3-7,9,15,17,20H,2,8,10-12H2,1H3. The van der Waals surface area contributed by atoms with Crippen molar-refractivity contribution in [1.82, 2.24) is 5.32 Å². The van der Waals surface area contributed by atoms with Gasteiger partial charge in [-0.25, -0.2) is 0 Å². The fraction of sp³-hybridized carbons (Fsp3) is 0.444. The van der Waals surface area contributed by atoms with Crippen LogP contribution in [0.3, 0.4) is 0 Å². The summed E-state index contributed by atoms with van der Waals surface area (Å²) in [5.41, 5.74) is 3.10. The third-order valence-electron chi connectivity index (χ3n) is 4.40. The molecule has 1 aliphatic carbocycles. The SMILES string of the molecule is CCCNC(Cc1sccc1Br)C1Cc2ccccc2C1. The molecular weight excluding hydrogens is 342 g/mol. The van der Waals surface area contributed by atoms with Crippen molar-refractivity contribution in [2.24, 2.45) is 5.92 Å². The van der Waals surface area contributed by atoms with Crippen molar-refractivity contribution in [3.63, 3.8) is 0 Å². The average molecular weight is 364 g/mol. The number of hydrogen-bond acceptors (Lipinski definition) is 2. The van der Waals surface area contributed by atoms with Gasteiger partial charge in [0.1, 0.15) is 0 Å². The van der Waals surface area contributed by atoms with E-state index in [-0.39, 0.29) is 0 Å². The van der Waals surface area contributed by atoms with E-state index in [0.29, 0.717) is 6.04 Å². The van der Waals surface area contributed by atoms with E-state index in [0.717, 1.165) is 18.9 Å². The number of hydrogen-bond donors (Lipinski definition) is 1. The minimum Gasteiger partial charge on any atom is -0.313 e. The molecule has 0 amide bonds. The highest BCUT2D eigenvalue weighted by molar-refractivity contribution is 9.10. The predicted molar refractivity (Wildman–Crippen MR) is 95.1 cm³/mol. The fourth-order valence-corrected chi connectivity index (χ4v) is 4.86. The molecule has 0 fully saturated rings. The summed E-state index contributed by atoms with van der Waals surface area (Å²) in [5.74, 6) is 0.725. The first-order valence-electron chi connectivity index (χ1n) is 7.80. The normalized spacial score (nSPS) is 16.1. The molecule has 1 heterocycles. The Morgan fingerprint density at radius 3 is 2.52 bits per heavy atom. The van der Waals surface area contributed by atoms with E-state index in [9.17, 15) is 0 Å². The number of halogens is 1. The van der Waals surface area contributed by atoms with Crippen molar-refractivity contribution < 1.29 is 0 Å². The van der Waals surface area contributed by atoms with E-state index in [4.69, 9.17) is 0 Å². The zero-order valence-corrected chi connectivity index (χ0v) is 14.8. The van der Waals surface area contributed by atoms with Crippen molar-refractivity contribution in [3.8, 4) is 0 Å². The lowest BCUT2D eigenvalue weighted by molar-refractivity contribution is 0.363. The van der Waals surface area contributed by atoms with Gasteiger partial charge < -0.3 is 5.32 Å². The summed E-state index contributed by atoms with van der Waals surface area (Å²) in [6, 6.07) is 11.7. The molecule has 0 radical (unpaired) electrons. The lowest BCUT2D eigenvalue weighted by Gasteiger charge is -2.24. The Bertz CT molecular complexity index is 567. The van der Waals surface area contributed by atoms with Crippen LogP contribution in [-0.2, 0) is 19.3 Å². The Morgan fingerprint density at radius 1 is 1.24 bits per heavy atom. The van der Waals surface area contributed by atoms with Gasteiger partial charge in [-0.15, -0.1) is 11.3 Å². The zero-order chi connectivity index (χ0) is 14.7. The summed E-state index contributed by atoms with van der Waals surface area (Å²) in [5, 5.41) is 5.98. The highest BCUT2D eigenvalue weighted by Crippen LogP contribution is 2.32. The van der Waals surface area contributed by atoms with Crippen LogP contribution in [0.25, 0.3) is 0 Å². The Balaban J connectivity index is 1.73. The minimum atomic E-state index is 0.576. The van der Waals surface area contributed by atoms with Crippen LogP contribution in [0.4, 0.5) is 0 Å². The molecule has 3 rings (SSSR count). The van der Waals surface area contributed by atoms with Crippen LogP contribution >= 0.6 is 27.3 Å². The van der Waals surface area contributed by atoms with E-state index in [1.807, 2.05) is 11.3 Å². The first kappa shape index (κ1) is 15.3. The van der Waals surface area contributed by atoms with Gasteiger partial charge >= 0.3 is 0 Å². The molecule has 0 spiro atoms. The average Bonchev–Trinajstić information content (AvgIpc) is 3.09. The Kier molecular flexibility index (Phi) is 5.15. The molecule has 1 aromatic carbocycles. The van der Waals surface area contributed by atoms with Crippen molar-refractivity contribution in [2.75, 3.05) is 6.54 Å². The van der Waals surface area contributed by atoms with Gasteiger partial charge in [-0.1, -0.05) is 31.2 Å². The van der Waals surface area contributed by atoms with Gasteiger partial charge in [-0.05, 0) is 76.6 Å². The summed E-state index contributed by atoms with van der Waals surface area (Å²) in [4.78, 5) is 1.47. The van der Waals surface area contributed by atoms with Crippen molar-refractivity contribution in [2.45, 2.75) is 38.6 Å². The smallest absolute Gasteiger partial charge is 0.0314 e. The Labute approximate surface area is 139 Å². The number of nitrogens with one attached hydrogen (secondary N) is 1. The zero-order valence-electron chi connectivity index (χ0n) is 12.4. The summed E-state index contributed by atoms with van der Waals surface area (Å²) in [6.45, 7) is 3.36. The van der Waals surface area contributed by atoms with Crippen LogP contribution in [0.5, 0.6) is 0 Å². The molecule has 3 heteroatoms. The molecule has 1 aliphatic rings. The predicted octanol–water partition coefficient (Wildman–Crippen LogP) is 4.84. The highest BCUT2D eigenvalue weighted by atomic mass is 79.9. The van der Waals surface area contributed by atoms with Gasteiger partial charge in [0.15, 0.2) is 0 Å². The molecule has 1 atom stereocenters. The molecule has 1 unspecified atom stereocenters. The molecule has 21 heavy (non-hydrogen) atoms. The molecular formula is C18H22BrNS.